The first-order valence-corrected chi connectivity index (χ1v) is 7.73. The fourth-order valence-electron chi connectivity index (χ4n) is 3.06. The molecule has 0 spiro atoms. The van der Waals surface area contributed by atoms with E-state index in [-0.39, 0.29) is 11.9 Å². The summed E-state index contributed by atoms with van der Waals surface area (Å²) in [6, 6.07) is 6.71. The van der Waals surface area contributed by atoms with E-state index in [4.69, 9.17) is 4.74 Å². The first-order chi connectivity index (χ1) is 11.0. The highest BCUT2D eigenvalue weighted by molar-refractivity contribution is 6.01. The Labute approximate surface area is 135 Å². The number of nitrogens with one attached hydrogen (secondary N) is 2. The van der Waals surface area contributed by atoms with Gasteiger partial charge in [0.2, 0.25) is 0 Å². The molecule has 122 valence electrons. The summed E-state index contributed by atoms with van der Waals surface area (Å²) in [7, 11) is 1.60. The van der Waals surface area contributed by atoms with E-state index in [9.17, 15) is 9.59 Å². The lowest BCUT2D eigenvalue weighted by molar-refractivity contribution is -0.126. The van der Waals surface area contributed by atoms with Crippen molar-refractivity contribution in [2.24, 2.45) is 5.92 Å². The molecule has 2 heterocycles. The molecule has 0 saturated heterocycles. The second-order valence-corrected chi connectivity index (χ2v) is 6.28. The second-order valence-electron chi connectivity index (χ2n) is 6.28. The minimum absolute atomic E-state index is 0.0120. The van der Waals surface area contributed by atoms with Gasteiger partial charge >= 0.3 is 6.03 Å². The zero-order valence-electron chi connectivity index (χ0n) is 13.6. The average molecular weight is 315 g/mol. The molecule has 2 aliphatic heterocycles. The van der Waals surface area contributed by atoms with Crippen LogP contribution >= 0.6 is 0 Å². The highest BCUT2D eigenvalue weighted by atomic mass is 16.5. The van der Waals surface area contributed by atoms with Gasteiger partial charge in [0.1, 0.15) is 5.75 Å². The SMILES string of the molecule is COc1ccc(C2NC(=O)NC3=C2C(=O)N(CC(C)C)C3)cc1. The van der Waals surface area contributed by atoms with E-state index >= 15 is 0 Å². The number of benzene rings is 1. The number of methoxy groups -OCH3 is 1. The summed E-state index contributed by atoms with van der Waals surface area (Å²) in [6.45, 7) is 5.29. The fraction of sp³-hybridized carbons (Fsp3) is 0.412. The molecule has 6 nitrogen and oxygen atoms in total. The number of carbonyl (C=O) groups excluding carboxylic acids is 2. The van der Waals surface area contributed by atoms with Crippen LogP contribution in [0.25, 0.3) is 0 Å². The van der Waals surface area contributed by atoms with Crippen LogP contribution in [0.5, 0.6) is 5.75 Å². The zero-order valence-corrected chi connectivity index (χ0v) is 13.6. The molecular weight excluding hydrogens is 294 g/mol. The topological polar surface area (TPSA) is 70.7 Å². The molecule has 0 fully saturated rings. The van der Waals surface area contributed by atoms with Gasteiger partial charge in [0.15, 0.2) is 0 Å². The molecule has 1 aromatic carbocycles. The van der Waals surface area contributed by atoms with Gasteiger partial charge in [0.25, 0.3) is 5.91 Å². The molecule has 3 amide bonds. The number of hydrogen-bond donors (Lipinski definition) is 2. The molecule has 2 aliphatic rings. The number of hydrogen-bond acceptors (Lipinski definition) is 3. The number of ether oxygens (including phenoxy) is 1. The highest BCUT2D eigenvalue weighted by Gasteiger charge is 2.40. The van der Waals surface area contributed by atoms with E-state index in [0.717, 1.165) is 11.3 Å². The second kappa shape index (κ2) is 5.95. The Morgan fingerprint density at radius 1 is 1.26 bits per heavy atom. The summed E-state index contributed by atoms with van der Waals surface area (Å²) in [5.74, 6) is 1.10. The van der Waals surface area contributed by atoms with Gasteiger partial charge in [-0.1, -0.05) is 26.0 Å². The normalized spacial score (nSPS) is 20.5. The van der Waals surface area contributed by atoms with Crippen LogP contribution in [0, 0.1) is 5.92 Å². The van der Waals surface area contributed by atoms with Crippen LogP contribution in [0.4, 0.5) is 4.79 Å². The van der Waals surface area contributed by atoms with Gasteiger partial charge in [-0.3, -0.25) is 4.79 Å². The van der Waals surface area contributed by atoms with E-state index in [1.54, 1.807) is 12.0 Å². The van der Waals surface area contributed by atoms with Crippen LogP contribution in [-0.4, -0.2) is 37.0 Å². The number of carbonyl (C=O) groups is 2. The van der Waals surface area contributed by atoms with Crippen molar-refractivity contribution in [2.75, 3.05) is 20.2 Å². The molecule has 1 unspecified atom stereocenters. The lowest BCUT2D eigenvalue weighted by Gasteiger charge is -2.25. The summed E-state index contributed by atoms with van der Waals surface area (Å²) >= 11 is 0. The summed E-state index contributed by atoms with van der Waals surface area (Å²) in [4.78, 5) is 26.5. The Kier molecular flexibility index (Phi) is 3.98. The Morgan fingerprint density at radius 2 is 1.96 bits per heavy atom. The molecule has 0 radical (unpaired) electrons. The number of nitrogens with zero attached hydrogens (tertiary/aromatic N) is 1. The third-order valence-corrected chi connectivity index (χ3v) is 4.05. The lowest BCUT2D eigenvalue weighted by atomic mass is 9.96. The average Bonchev–Trinajstić information content (AvgIpc) is 2.82. The van der Waals surface area contributed by atoms with Crippen LogP contribution < -0.4 is 15.4 Å². The van der Waals surface area contributed by atoms with Crippen LogP contribution in [0.2, 0.25) is 0 Å². The van der Waals surface area contributed by atoms with Crippen LogP contribution in [-0.2, 0) is 4.79 Å². The van der Waals surface area contributed by atoms with Crippen molar-refractivity contribution in [2.45, 2.75) is 19.9 Å². The van der Waals surface area contributed by atoms with Gasteiger partial charge in [0, 0.05) is 6.54 Å². The molecule has 0 aliphatic carbocycles. The van der Waals surface area contributed by atoms with Gasteiger partial charge in [-0.05, 0) is 23.6 Å². The predicted molar refractivity (Wildman–Crippen MR) is 85.8 cm³/mol. The Hall–Kier alpha value is -2.50. The van der Waals surface area contributed by atoms with E-state index < -0.39 is 6.04 Å². The molecule has 23 heavy (non-hydrogen) atoms. The smallest absolute Gasteiger partial charge is 0.319 e. The number of urea groups is 1. The van der Waals surface area contributed by atoms with Crippen molar-refractivity contribution in [3.8, 4) is 5.75 Å². The molecule has 3 rings (SSSR count). The third kappa shape index (κ3) is 2.88. The summed E-state index contributed by atoms with van der Waals surface area (Å²) < 4.78 is 5.16. The van der Waals surface area contributed by atoms with Gasteiger partial charge < -0.3 is 20.3 Å². The Morgan fingerprint density at radius 3 is 2.57 bits per heavy atom. The van der Waals surface area contributed by atoms with Gasteiger partial charge in [-0.25, -0.2) is 4.79 Å². The van der Waals surface area contributed by atoms with Gasteiger partial charge in [0.05, 0.1) is 31.0 Å². The maximum Gasteiger partial charge on any atom is 0.319 e. The number of rotatable bonds is 4. The Bertz CT molecular complexity index is 664. The number of amides is 3. The standard InChI is InChI=1S/C17H21N3O3/c1-10(2)8-20-9-13-14(16(20)21)15(19-17(22)18-13)11-4-6-12(23-3)7-5-11/h4-7,10,15H,8-9H2,1-3H3,(H2,18,19,22). The van der Waals surface area contributed by atoms with E-state index in [1.807, 2.05) is 24.3 Å². The first kappa shape index (κ1) is 15.4. The Balaban J connectivity index is 1.92. The molecule has 1 aromatic rings. The van der Waals surface area contributed by atoms with Crippen molar-refractivity contribution < 1.29 is 14.3 Å². The fourth-order valence-corrected chi connectivity index (χ4v) is 3.06. The van der Waals surface area contributed by atoms with Crippen molar-refractivity contribution >= 4 is 11.9 Å². The molecule has 2 N–H and O–H groups in total. The lowest BCUT2D eigenvalue weighted by Crippen LogP contribution is -2.44. The maximum absolute atomic E-state index is 12.7. The van der Waals surface area contributed by atoms with E-state index in [2.05, 4.69) is 24.5 Å². The van der Waals surface area contributed by atoms with Gasteiger partial charge in [-0.2, -0.15) is 0 Å². The van der Waals surface area contributed by atoms with Crippen LogP contribution in [0.15, 0.2) is 35.5 Å². The largest absolute Gasteiger partial charge is 0.497 e. The predicted octanol–water partition coefficient (Wildman–Crippen LogP) is 1.80. The maximum atomic E-state index is 12.7. The molecule has 0 aromatic heterocycles. The van der Waals surface area contributed by atoms with Crippen molar-refractivity contribution in [1.82, 2.24) is 15.5 Å². The minimum atomic E-state index is -0.422. The van der Waals surface area contributed by atoms with Crippen molar-refractivity contribution in [1.29, 1.82) is 0 Å². The van der Waals surface area contributed by atoms with Crippen LogP contribution in [0.1, 0.15) is 25.5 Å². The molecule has 0 saturated carbocycles. The van der Waals surface area contributed by atoms with Crippen LogP contribution in [0.3, 0.4) is 0 Å². The summed E-state index contributed by atoms with van der Waals surface area (Å²) in [5.41, 5.74) is 2.21. The zero-order chi connectivity index (χ0) is 16.6. The first-order valence-electron chi connectivity index (χ1n) is 7.73. The van der Waals surface area contributed by atoms with Crippen molar-refractivity contribution in [3.63, 3.8) is 0 Å². The minimum Gasteiger partial charge on any atom is -0.497 e. The van der Waals surface area contributed by atoms with E-state index in [1.165, 1.54) is 0 Å². The van der Waals surface area contributed by atoms with Gasteiger partial charge in [-0.15, -0.1) is 0 Å². The quantitative estimate of drug-likeness (QED) is 0.890. The molecule has 1 atom stereocenters. The van der Waals surface area contributed by atoms with E-state index in [0.29, 0.717) is 30.3 Å². The highest BCUT2D eigenvalue weighted by Crippen LogP contribution is 2.33. The molecule has 6 heteroatoms. The molecular formula is C17H21N3O3. The summed E-state index contributed by atoms with van der Waals surface area (Å²) in [5, 5.41) is 5.63. The van der Waals surface area contributed by atoms with Crippen molar-refractivity contribution in [3.05, 3.63) is 41.1 Å². The molecule has 0 bridgehead atoms. The summed E-state index contributed by atoms with van der Waals surface area (Å²) in [6.07, 6.45) is 0. The third-order valence-electron chi connectivity index (χ3n) is 4.05. The monoisotopic (exact) mass is 315 g/mol.